The van der Waals surface area contributed by atoms with Gasteiger partial charge >= 0.3 is 0 Å². The van der Waals surface area contributed by atoms with Gasteiger partial charge in [0, 0.05) is 24.4 Å². The Balaban J connectivity index is 1.34. The zero-order valence-electron chi connectivity index (χ0n) is 16.5. The molecule has 0 bridgehead atoms. The number of piperidine rings is 1. The molecule has 7 nitrogen and oxygen atoms in total. The summed E-state index contributed by atoms with van der Waals surface area (Å²) in [5.74, 6) is 0.363. The fourth-order valence-electron chi connectivity index (χ4n) is 3.77. The number of aromatic nitrogens is 4. The molecule has 152 valence electrons. The van der Waals surface area contributed by atoms with Gasteiger partial charge in [0.05, 0.1) is 29.0 Å². The van der Waals surface area contributed by atoms with E-state index in [1.807, 2.05) is 48.7 Å². The van der Waals surface area contributed by atoms with E-state index in [1.165, 1.54) is 6.26 Å². The topological polar surface area (TPSA) is 81.0 Å². The molecule has 0 radical (unpaired) electrons. The maximum atomic E-state index is 11.5. The minimum Gasteiger partial charge on any atom is -0.297 e. The van der Waals surface area contributed by atoms with Gasteiger partial charge in [-0.1, -0.05) is 29.5 Å². The fourth-order valence-corrected chi connectivity index (χ4v) is 4.47. The smallest absolute Gasteiger partial charge is 0.153 e. The molecule has 0 saturated carbocycles. The Morgan fingerprint density at radius 2 is 1.76 bits per heavy atom. The average molecular weight is 412 g/mol. The van der Waals surface area contributed by atoms with Gasteiger partial charge in [0.1, 0.15) is 0 Å². The van der Waals surface area contributed by atoms with Crippen molar-refractivity contribution in [3.8, 4) is 5.69 Å². The van der Waals surface area contributed by atoms with E-state index in [2.05, 4.69) is 20.2 Å². The van der Waals surface area contributed by atoms with E-state index in [1.54, 1.807) is 10.7 Å². The zero-order chi connectivity index (χ0) is 20.3. The Kier molecular flexibility index (Phi) is 5.73. The number of sulfone groups is 1. The second kappa shape index (κ2) is 8.42. The van der Waals surface area contributed by atoms with Crippen LogP contribution in [0.1, 0.15) is 35.8 Å². The van der Waals surface area contributed by atoms with Crippen LogP contribution in [0.25, 0.3) is 5.69 Å². The quantitative estimate of drug-likeness (QED) is 0.620. The van der Waals surface area contributed by atoms with Crippen molar-refractivity contribution in [3.63, 3.8) is 0 Å². The normalized spacial score (nSPS) is 16.2. The van der Waals surface area contributed by atoms with Crippen LogP contribution in [-0.4, -0.2) is 52.6 Å². The van der Waals surface area contributed by atoms with E-state index < -0.39 is 9.84 Å². The number of benzene rings is 1. The third kappa shape index (κ3) is 5.27. The van der Waals surface area contributed by atoms with Crippen molar-refractivity contribution in [1.82, 2.24) is 24.9 Å². The molecule has 3 aromatic rings. The molecule has 8 heteroatoms. The number of hydrogen-bond donors (Lipinski definition) is 0. The first-order chi connectivity index (χ1) is 14.0. The van der Waals surface area contributed by atoms with E-state index in [9.17, 15) is 8.42 Å². The largest absolute Gasteiger partial charge is 0.297 e. The standard InChI is InChI=1S/C21H25N5O2S/c1-29(27,28)16-18-6-5-9-21(22-18)17-10-12-25(13-11-17)14-19-15-26(24-23-19)20-7-3-2-4-8-20/h2-9,15,17H,10-14,16H2,1H3. The molecule has 1 saturated heterocycles. The summed E-state index contributed by atoms with van der Waals surface area (Å²) >= 11 is 0. The molecular weight excluding hydrogens is 386 g/mol. The summed E-state index contributed by atoms with van der Waals surface area (Å²) in [5.41, 5.74) is 3.59. The van der Waals surface area contributed by atoms with Gasteiger partial charge in [-0.25, -0.2) is 13.1 Å². The van der Waals surface area contributed by atoms with E-state index in [0.29, 0.717) is 11.6 Å². The summed E-state index contributed by atoms with van der Waals surface area (Å²) in [5, 5.41) is 8.55. The van der Waals surface area contributed by atoms with Gasteiger partial charge < -0.3 is 0 Å². The highest BCUT2D eigenvalue weighted by Gasteiger charge is 2.22. The summed E-state index contributed by atoms with van der Waals surface area (Å²) in [4.78, 5) is 6.99. The minimum absolute atomic E-state index is 0.00322. The molecule has 0 atom stereocenters. The van der Waals surface area contributed by atoms with Crippen LogP contribution in [0, 0.1) is 0 Å². The lowest BCUT2D eigenvalue weighted by atomic mass is 9.93. The van der Waals surface area contributed by atoms with Crippen LogP contribution >= 0.6 is 0 Å². The number of nitrogens with zero attached hydrogens (tertiary/aromatic N) is 5. The molecule has 0 N–H and O–H groups in total. The molecule has 0 aliphatic carbocycles. The number of para-hydroxylation sites is 1. The maximum Gasteiger partial charge on any atom is 0.153 e. The highest BCUT2D eigenvalue weighted by molar-refractivity contribution is 7.89. The summed E-state index contributed by atoms with van der Waals surface area (Å²) < 4.78 is 24.9. The van der Waals surface area contributed by atoms with Gasteiger partial charge in [0.15, 0.2) is 9.84 Å². The average Bonchev–Trinajstić information content (AvgIpc) is 3.17. The molecule has 1 aromatic carbocycles. The molecule has 1 fully saturated rings. The van der Waals surface area contributed by atoms with Crippen molar-refractivity contribution in [2.24, 2.45) is 0 Å². The molecule has 1 aliphatic rings. The van der Waals surface area contributed by atoms with Crippen molar-refractivity contribution in [1.29, 1.82) is 0 Å². The number of likely N-dealkylation sites (tertiary alicyclic amines) is 1. The van der Waals surface area contributed by atoms with Gasteiger partial charge in [-0.2, -0.15) is 0 Å². The van der Waals surface area contributed by atoms with Gasteiger partial charge in [0.2, 0.25) is 0 Å². The van der Waals surface area contributed by atoms with Crippen molar-refractivity contribution < 1.29 is 8.42 Å². The Morgan fingerprint density at radius 1 is 1.00 bits per heavy atom. The fraction of sp³-hybridized carbons (Fsp3) is 0.381. The third-order valence-electron chi connectivity index (χ3n) is 5.19. The second-order valence-electron chi connectivity index (χ2n) is 7.66. The molecule has 3 heterocycles. The zero-order valence-corrected chi connectivity index (χ0v) is 17.3. The first kappa shape index (κ1) is 19.7. The van der Waals surface area contributed by atoms with E-state index in [0.717, 1.165) is 49.6 Å². The molecule has 0 spiro atoms. The predicted molar refractivity (Wildman–Crippen MR) is 111 cm³/mol. The lowest BCUT2D eigenvalue weighted by molar-refractivity contribution is 0.201. The molecule has 2 aromatic heterocycles. The first-order valence-corrected chi connectivity index (χ1v) is 11.8. The van der Waals surface area contributed by atoms with Gasteiger partial charge in [-0.05, 0) is 50.2 Å². The molecule has 0 unspecified atom stereocenters. The summed E-state index contributed by atoms with van der Waals surface area (Å²) in [6.45, 7) is 2.70. The SMILES string of the molecule is CS(=O)(=O)Cc1cccc(C2CCN(Cc3cn(-c4ccccc4)nn3)CC2)n1. The Bertz CT molecular complexity index is 1060. The van der Waals surface area contributed by atoms with Crippen LogP contribution in [-0.2, 0) is 22.1 Å². The number of pyridine rings is 1. The summed E-state index contributed by atoms with van der Waals surface area (Å²) in [7, 11) is -3.07. The van der Waals surface area contributed by atoms with E-state index in [4.69, 9.17) is 0 Å². The lowest BCUT2D eigenvalue weighted by Crippen LogP contribution is -2.32. The highest BCUT2D eigenvalue weighted by Crippen LogP contribution is 2.27. The van der Waals surface area contributed by atoms with E-state index in [-0.39, 0.29) is 5.75 Å². The van der Waals surface area contributed by atoms with Gasteiger partial charge in [-0.15, -0.1) is 5.10 Å². The first-order valence-electron chi connectivity index (χ1n) is 9.79. The Labute approximate surface area is 171 Å². The molecule has 1 aliphatic heterocycles. The van der Waals surface area contributed by atoms with Crippen molar-refractivity contribution in [2.75, 3.05) is 19.3 Å². The Morgan fingerprint density at radius 3 is 2.48 bits per heavy atom. The highest BCUT2D eigenvalue weighted by atomic mass is 32.2. The predicted octanol–water partition coefficient (Wildman–Crippen LogP) is 2.59. The van der Waals surface area contributed by atoms with Crippen molar-refractivity contribution >= 4 is 9.84 Å². The van der Waals surface area contributed by atoms with Crippen LogP contribution < -0.4 is 0 Å². The molecule has 0 amide bonds. The van der Waals surface area contributed by atoms with Crippen LogP contribution in [0.3, 0.4) is 0 Å². The number of hydrogen-bond acceptors (Lipinski definition) is 6. The number of rotatable bonds is 6. The van der Waals surface area contributed by atoms with Crippen LogP contribution in [0.5, 0.6) is 0 Å². The third-order valence-corrected chi connectivity index (χ3v) is 6.01. The minimum atomic E-state index is -3.07. The van der Waals surface area contributed by atoms with Gasteiger partial charge in [0.25, 0.3) is 0 Å². The van der Waals surface area contributed by atoms with Crippen molar-refractivity contribution in [3.05, 3.63) is 71.8 Å². The monoisotopic (exact) mass is 411 g/mol. The molecule has 4 rings (SSSR count). The van der Waals surface area contributed by atoms with Crippen LogP contribution in [0.2, 0.25) is 0 Å². The van der Waals surface area contributed by atoms with Crippen molar-refractivity contribution in [2.45, 2.75) is 31.1 Å². The van der Waals surface area contributed by atoms with Crippen LogP contribution in [0.4, 0.5) is 0 Å². The maximum absolute atomic E-state index is 11.5. The summed E-state index contributed by atoms with van der Waals surface area (Å²) in [6.07, 6.45) is 5.23. The van der Waals surface area contributed by atoms with Crippen LogP contribution in [0.15, 0.2) is 54.7 Å². The molecule has 29 heavy (non-hydrogen) atoms. The summed E-state index contributed by atoms with van der Waals surface area (Å²) in [6, 6.07) is 15.7. The second-order valence-corrected chi connectivity index (χ2v) is 9.80. The van der Waals surface area contributed by atoms with Gasteiger partial charge in [-0.3, -0.25) is 9.88 Å². The van der Waals surface area contributed by atoms with E-state index >= 15 is 0 Å². The lowest BCUT2D eigenvalue weighted by Gasteiger charge is -2.31. The Hall–Kier alpha value is -2.58. The molecular formula is C21H25N5O2S.